The summed E-state index contributed by atoms with van der Waals surface area (Å²) >= 11 is 5.74. The average Bonchev–Trinajstić information content (AvgIpc) is 3.25. The third-order valence-corrected chi connectivity index (χ3v) is 4.21. The number of anilines is 1. The minimum absolute atomic E-state index is 0.116. The summed E-state index contributed by atoms with van der Waals surface area (Å²) in [4.78, 5) is 4.69. The largest absolute Gasteiger partial charge is 0.383 e. The Hall–Kier alpha value is -1.55. The molecule has 5 heteroatoms. The molecule has 112 valence electrons. The highest BCUT2D eigenvalue weighted by Gasteiger charge is 2.30. The highest BCUT2D eigenvalue weighted by Crippen LogP contribution is 2.42. The van der Waals surface area contributed by atoms with Gasteiger partial charge in [0.25, 0.3) is 0 Å². The number of aromatic nitrogens is 2. The van der Waals surface area contributed by atoms with E-state index < -0.39 is 5.82 Å². The first-order chi connectivity index (χ1) is 10.1. The Balaban J connectivity index is 2.03. The van der Waals surface area contributed by atoms with Crippen molar-refractivity contribution in [3.8, 4) is 11.3 Å². The fourth-order valence-corrected chi connectivity index (χ4v) is 2.66. The molecule has 1 aliphatic rings. The number of nitrogen functional groups attached to an aromatic ring is 1. The molecule has 1 aromatic heterocycles. The predicted molar refractivity (Wildman–Crippen MR) is 83.9 cm³/mol. The number of hydrogen-bond donors (Lipinski definition) is 1. The molecule has 0 aliphatic heterocycles. The Morgan fingerprint density at radius 2 is 2.19 bits per heavy atom. The van der Waals surface area contributed by atoms with Crippen LogP contribution < -0.4 is 5.73 Å². The lowest BCUT2D eigenvalue weighted by molar-refractivity contribution is 0.609. The van der Waals surface area contributed by atoms with Crippen LogP contribution in [0, 0.1) is 5.82 Å². The van der Waals surface area contributed by atoms with E-state index in [0.717, 1.165) is 38.1 Å². The van der Waals surface area contributed by atoms with Crippen molar-refractivity contribution in [2.75, 3.05) is 5.73 Å². The van der Waals surface area contributed by atoms with E-state index >= 15 is 0 Å². The van der Waals surface area contributed by atoms with E-state index in [4.69, 9.17) is 22.3 Å². The Morgan fingerprint density at radius 1 is 1.43 bits per heavy atom. The molecule has 3 nitrogen and oxygen atoms in total. The molecule has 0 saturated heterocycles. The summed E-state index contributed by atoms with van der Waals surface area (Å²) in [5.41, 5.74) is 7.63. The topological polar surface area (TPSA) is 43.8 Å². The summed E-state index contributed by atoms with van der Waals surface area (Å²) in [6, 6.07) is 4.72. The number of imidazole rings is 1. The van der Waals surface area contributed by atoms with Crippen molar-refractivity contribution in [3.63, 3.8) is 0 Å². The van der Waals surface area contributed by atoms with Gasteiger partial charge in [0.1, 0.15) is 23.2 Å². The van der Waals surface area contributed by atoms with Crippen LogP contribution in [0.15, 0.2) is 18.2 Å². The van der Waals surface area contributed by atoms with Crippen LogP contribution in [0.5, 0.6) is 0 Å². The second-order valence-electron chi connectivity index (χ2n) is 5.61. The molecule has 1 aromatic carbocycles. The maximum Gasteiger partial charge on any atom is 0.142 e. The van der Waals surface area contributed by atoms with Crippen molar-refractivity contribution in [2.24, 2.45) is 0 Å². The van der Waals surface area contributed by atoms with Gasteiger partial charge in [0, 0.05) is 18.0 Å². The number of nitrogens with zero attached hydrogens (tertiary/aromatic N) is 2. The van der Waals surface area contributed by atoms with Gasteiger partial charge >= 0.3 is 0 Å². The van der Waals surface area contributed by atoms with Crippen molar-refractivity contribution in [1.29, 1.82) is 0 Å². The van der Waals surface area contributed by atoms with E-state index in [1.54, 1.807) is 12.1 Å². The molecule has 0 atom stereocenters. The zero-order valence-electron chi connectivity index (χ0n) is 12.1. The second-order valence-corrected chi connectivity index (χ2v) is 6.02. The van der Waals surface area contributed by atoms with Gasteiger partial charge in [-0.1, -0.05) is 31.0 Å². The van der Waals surface area contributed by atoms with Crippen molar-refractivity contribution in [2.45, 2.75) is 45.1 Å². The highest BCUT2D eigenvalue weighted by atomic mass is 35.5. The smallest absolute Gasteiger partial charge is 0.142 e. The van der Waals surface area contributed by atoms with Gasteiger partial charge in [-0.3, -0.25) is 0 Å². The number of halogens is 2. The first-order valence-electron chi connectivity index (χ1n) is 7.43. The molecule has 1 fully saturated rings. The van der Waals surface area contributed by atoms with Gasteiger partial charge in [-0.25, -0.2) is 9.37 Å². The van der Waals surface area contributed by atoms with Gasteiger partial charge in [-0.2, -0.15) is 0 Å². The van der Waals surface area contributed by atoms with E-state index in [1.165, 1.54) is 6.07 Å². The molecule has 2 N–H and O–H groups in total. The summed E-state index contributed by atoms with van der Waals surface area (Å²) in [5.74, 6) is 1.75. The molecule has 2 aromatic rings. The minimum Gasteiger partial charge on any atom is -0.383 e. The average molecular weight is 308 g/mol. The zero-order chi connectivity index (χ0) is 15.0. The summed E-state index contributed by atoms with van der Waals surface area (Å²) in [5, 5.41) is 0.116. The lowest BCUT2D eigenvalue weighted by Crippen LogP contribution is -2.06. The molecule has 1 aliphatic carbocycles. The Bertz CT molecular complexity index is 662. The molecule has 0 bridgehead atoms. The fourth-order valence-electron chi connectivity index (χ4n) is 2.54. The van der Waals surface area contributed by atoms with Crippen LogP contribution in [0.4, 0.5) is 10.2 Å². The number of hydrogen-bond acceptors (Lipinski definition) is 2. The van der Waals surface area contributed by atoms with E-state index in [0.29, 0.717) is 23.0 Å². The van der Waals surface area contributed by atoms with Crippen LogP contribution in [0.25, 0.3) is 11.3 Å². The summed E-state index contributed by atoms with van der Waals surface area (Å²) in [6.07, 6.45) is 4.50. The zero-order valence-corrected chi connectivity index (χ0v) is 12.8. The van der Waals surface area contributed by atoms with E-state index in [2.05, 4.69) is 11.5 Å². The molecule has 21 heavy (non-hydrogen) atoms. The first-order valence-corrected chi connectivity index (χ1v) is 7.81. The number of unbranched alkanes of at least 4 members (excludes halogenated alkanes) is 1. The Kier molecular flexibility index (Phi) is 3.89. The molecule has 0 amide bonds. The molecule has 1 heterocycles. The highest BCUT2D eigenvalue weighted by molar-refractivity contribution is 6.30. The molecule has 0 spiro atoms. The monoisotopic (exact) mass is 307 g/mol. The van der Waals surface area contributed by atoms with Gasteiger partial charge in [0.15, 0.2) is 0 Å². The van der Waals surface area contributed by atoms with Crippen molar-refractivity contribution >= 4 is 17.4 Å². The van der Waals surface area contributed by atoms with Crippen LogP contribution in [-0.4, -0.2) is 9.55 Å². The Morgan fingerprint density at radius 3 is 2.81 bits per heavy atom. The lowest BCUT2D eigenvalue weighted by Gasteiger charge is -2.08. The van der Waals surface area contributed by atoms with Gasteiger partial charge < -0.3 is 10.3 Å². The quantitative estimate of drug-likeness (QED) is 0.877. The van der Waals surface area contributed by atoms with Crippen molar-refractivity contribution in [1.82, 2.24) is 9.55 Å². The lowest BCUT2D eigenvalue weighted by atomic mass is 10.1. The molecule has 0 unspecified atom stereocenters. The van der Waals surface area contributed by atoms with Gasteiger partial charge in [-0.15, -0.1) is 0 Å². The minimum atomic E-state index is -0.440. The third-order valence-electron chi connectivity index (χ3n) is 3.91. The van der Waals surface area contributed by atoms with Gasteiger partial charge in [0.05, 0.1) is 5.02 Å². The normalized spacial score (nSPS) is 14.6. The van der Waals surface area contributed by atoms with E-state index in [9.17, 15) is 4.39 Å². The summed E-state index contributed by atoms with van der Waals surface area (Å²) < 4.78 is 15.8. The molecule has 1 saturated carbocycles. The SMILES string of the molecule is CCCCn1c(C2CC2)nc(-c2ccc(Cl)c(F)c2)c1N. The van der Waals surface area contributed by atoms with Gasteiger partial charge in [0.2, 0.25) is 0 Å². The van der Waals surface area contributed by atoms with Crippen molar-refractivity contribution < 1.29 is 4.39 Å². The second kappa shape index (κ2) is 5.68. The number of benzene rings is 1. The van der Waals surface area contributed by atoms with E-state index in [1.807, 2.05) is 0 Å². The van der Waals surface area contributed by atoms with Gasteiger partial charge in [-0.05, 0) is 31.4 Å². The third kappa shape index (κ3) is 2.77. The van der Waals surface area contributed by atoms with Crippen molar-refractivity contribution in [3.05, 3.63) is 34.9 Å². The van der Waals surface area contributed by atoms with Crippen LogP contribution in [0.1, 0.15) is 44.3 Å². The van der Waals surface area contributed by atoms with Crippen LogP contribution in [-0.2, 0) is 6.54 Å². The maximum absolute atomic E-state index is 13.7. The van der Waals surface area contributed by atoms with Crippen LogP contribution >= 0.6 is 11.6 Å². The standard InChI is InChI=1S/C16H19ClFN3/c1-2-3-8-21-15(19)14(20-16(21)10-4-5-10)11-6-7-12(17)13(18)9-11/h6-7,9-10H,2-5,8,19H2,1H3. The maximum atomic E-state index is 13.7. The fraction of sp³-hybridized carbons (Fsp3) is 0.438. The summed E-state index contributed by atoms with van der Waals surface area (Å²) in [7, 11) is 0. The predicted octanol–water partition coefficient (Wildman–Crippen LogP) is 4.60. The van der Waals surface area contributed by atoms with Crippen LogP contribution in [0.2, 0.25) is 5.02 Å². The van der Waals surface area contributed by atoms with E-state index in [-0.39, 0.29) is 5.02 Å². The molecular weight excluding hydrogens is 289 g/mol. The molecule has 0 radical (unpaired) electrons. The Labute approximate surface area is 128 Å². The first kappa shape index (κ1) is 14.4. The molecule has 3 rings (SSSR count). The van der Waals surface area contributed by atoms with Crippen LogP contribution in [0.3, 0.4) is 0 Å². The number of nitrogens with two attached hydrogens (primary N) is 1. The number of rotatable bonds is 5. The molecular formula is C16H19ClFN3. The summed E-state index contributed by atoms with van der Waals surface area (Å²) in [6.45, 7) is 3.02.